The number of fused-ring (bicyclic) bond motifs is 1. The maximum Gasteiger partial charge on any atom is 0.311 e. The van der Waals surface area contributed by atoms with E-state index in [0.29, 0.717) is 24.6 Å². The zero-order valence-corrected chi connectivity index (χ0v) is 26.7. The summed E-state index contributed by atoms with van der Waals surface area (Å²) in [6.07, 6.45) is 10.8. The van der Waals surface area contributed by atoms with E-state index in [1.54, 1.807) is 6.07 Å². The van der Waals surface area contributed by atoms with Gasteiger partial charge in [-0.1, -0.05) is 76.1 Å². The molecule has 3 aromatic rings. The molecule has 0 atom stereocenters. The Morgan fingerprint density at radius 1 is 1.00 bits per heavy atom. The second-order valence-electron chi connectivity index (χ2n) is 11.6. The van der Waals surface area contributed by atoms with Gasteiger partial charge in [0.2, 0.25) is 0 Å². The van der Waals surface area contributed by atoms with Crippen molar-refractivity contribution in [1.82, 2.24) is 4.57 Å². The van der Waals surface area contributed by atoms with E-state index < -0.39 is 5.41 Å². The number of halogens is 1. The highest BCUT2D eigenvalue weighted by atomic mass is 35.5. The van der Waals surface area contributed by atoms with Gasteiger partial charge in [-0.25, -0.2) is 0 Å². The topological polar surface area (TPSA) is 51.5 Å². The zero-order valence-electron chi connectivity index (χ0n) is 25.1. The SMILES string of the molecule is CCCCC(CCCC)CCCSc1c(CC(C)(C)C(=O)OCC)n(Cc2ccc(Cl)cc2)c2ccc(O)cc12. The van der Waals surface area contributed by atoms with Crippen LogP contribution in [0.4, 0.5) is 0 Å². The van der Waals surface area contributed by atoms with Gasteiger partial charge in [0.25, 0.3) is 0 Å². The van der Waals surface area contributed by atoms with Crippen LogP contribution < -0.4 is 0 Å². The molecular weight excluding hydrogens is 538 g/mol. The first-order chi connectivity index (χ1) is 19.2. The molecule has 0 amide bonds. The molecule has 0 spiro atoms. The first-order valence-corrected chi connectivity index (χ1v) is 16.4. The fraction of sp³-hybridized carbons (Fsp3) is 0.559. The Morgan fingerprint density at radius 2 is 1.65 bits per heavy atom. The lowest BCUT2D eigenvalue weighted by atomic mass is 9.87. The summed E-state index contributed by atoms with van der Waals surface area (Å²) in [6, 6.07) is 13.6. The second-order valence-corrected chi connectivity index (χ2v) is 13.2. The highest BCUT2D eigenvalue weighted by Crippen LogP contribution is 2.40. The summed E-state index contributed by atoms with van der Waals surface area (Å²) in [5, 5.41) is 12.2. The Kier molecular flexibility index (Phi) is 12.8. The van der Waals surface area contributed by atoms with Crippen molar-refractivity contribution in [3.05, 3.63) is 58.7 Å². The lowest BCUT2D eigenvalue weighted by Crippen LogP contribution is -2.30. The molecule has 0 fully saturated rings. The summed E-state index contributed by atoms with van der Waals surface area (Å²) in [6.45, 7) is 11.4. The van der Waals surface area contributed by atoms with Gasteiger partial charge in [0, 0.05) is 39.5 Å². The van der Waals surface area contributed by atoms with E-state index in [9.17, 15) is 9.90 Å². The number of benzene rings is 2. The number of phenolic OH excluding ortho intramolecular Hbond substituents is 1. The van der Waals surface area contributed by atoms with E-state index in [1.807, 2.05) is 56.8 Å². The first-order valence-electron chi connectivity index (χ1n) is 15.1. The number of rotatable bonds is 17. The van der Waals surface area contributed by atoms with Gasteiger partial charge in [0.05, 0.1) is 12.0 Å². The van der Waals surface area contributed by atoms with Crippen molar-refractivity contribution in [2.24, 2.45) is 11.3 Å². The molecular formula is C34H48ClNO3S. The molecule has 2 aromatic carbocycles. The van der Waals surface area contributed by atoms with Crippen molar-refractivity contribution in [2.75, 3.05) is 12.4 Å². The van der Waals surface area contributed by atoms with Crippen molar-refractivity contribution in [3.63, 3.8) is 0 Å². The Labute approximate surface area is 250 Å². The minimum absolute atomic E-state index is 0.188. The molecule has 0 aliphatic heterocycles. The van der Waals surface area contributed by atoms with Gasteiger partial charge in [-0.3, -0.25) is 4.79 Å². The minimum atomic E-state index is -0.690. The average molecular weight is 586 g/mol. The number of aromatic nitrogens is 1. The molecule has 0 aliphatic rings. The van der Waals surface area contributed by atoms with Gasteiger partial charge in [0.1, 0.15) is 5.75 Å². The van der Waals surface area contributed by atoms with E-state index in [2.05, 4.69) is 30.5 Å². The van der Waals surface area contributed by atoms with Crippen LogP contribution in [0.5, 0.6) is 5.75 Å². The van der Waals surface area contributed by atoms with Crippen molar-refractivity contribution >= 4 is 40.2 Å². The van der Waals surface area contributed by atoms with Gasteiger partial charge in [0.15, 0.2) is 0 Å². The monoisotopic (exact) mass is 585 g/mol. The largest absolute Gasteiger partial charge is 0.508 e. The Morgan fingerprint density at radius 3 is 2.27 bits per heavy atom. The van der Waals surface area contributed by atoms with E-state index in [1.165, 1.54) is 44.9 Å². The second kappa shape index (κ2) is 15.8. The van der Waals surface area contributed by atoms with Crippen molar-refractivity contribution < 1.29 is 14.6 Å². The maximum atomic E-state index is 13.0. The number of thioether (sulfide) groups is 1. The summed E-state index contributed by atoms with van der Waals surface area (Å²) in [4.78, 5) is 14.1. The van der Waals surface area contributed by atoms with Crippen molar-refractivity contribution in [3.8, 4) is 5.75 Å². The van der Waals surface area contributed by atoms with E-state index in [0.717, 1.165) is 45.1 Å². The lowest BCUT2D eigenvalue weighted by Gasteiger charge is -2.24. The Hall–Kier alpha value is -2.11. The van der Waals surface area contributed by atoms with E-state index in [-0.39, 0.29) is 11.7 Å². The number of nitrogens with zero attached hydrogens (tertiary/aromatic N) is 1. The fourth-order valence-corrected chi connectivity index (χ4v) is 6.75. The summed E-state index contributed by atoms with van der Waals surface area (Å²) in [7, 11) is 0. The number of ether oxygens (including phenoxy) is 1. The maximum absolute atomic E-state index is 13.0. The predicted molar refractivity (Wildman–Crippen MR) is 171 cm³/mol. The standard InChI is InChI=1S/C34H48ClNO3S/c1-6-9-12-25(13-10-7-2)14-11-21-40-32-29-22-28(37)19-20-30(29)36(24-26-15-17-27(35)18-16-26)31(32)23-34(4,5)33(38)39-8-3/h15-20,22,25,37H,6-14,21,23-24H2,1-5H3. The molecule has 1 aromatic heterocycles. The highest BCUT2D eigenvalue weighted by molar-refractivity contribution is 7.99. The molecule has 0 bridgehead atoms. The summed E-state index contributed by atoms with van der Waals surface area (Å²) in [5.74, 6) is 1.88. The van der Waals surface area contributed by atoms with Gasteiger partial charge in [-0.15, -0.1) is 11.8 Å². The summed E-state index contributed by atoms with van der Waals surface area (Å²) >= 11 is 8.04. The van der Waals surface area contributed by atoms with Crippen LogP contribution in [0.2, 0.25) is 5.02 Å². The molecule has 0 aliphatic carbocycles. The van der Waals surface area contributed by atoms with Crippen LogP contribution >= 0.6 is 23.4 Å². The van der Waals surface area contributed by atoms with Crippen LogP contribution in [0.15, 0.2) is 47.4 Å². The quantitative estimate of drug-likeness (QED) is 0.0972. The molecule has 0 radical (unpaired) electrons. The molecule has 220 valence electrons. The zero-order chi connectivity index (χ0) is 29.1. The van der Waals surface area contributed by atoms with E-state index >= 15 is 0 Å². The smallest absolute Gasteiger partial charge is 0.311 e. The molecule has 4 nitrogen and oxygen atoms in total. The van der Waals surface area contributed by atoms with Gasteiger partial charge >= 0.3 is 5.97 Å². The van der Waals surface area contributed by atoms with Gasteiger partial charge < -0.3 is 14.4 Å². The first kappa shape index (κ1) is 32.4. The number of esters is 1. The van der Waals surface area contributed by atoms with Crippen LogP contribution in [0.3, 0.4) is 0 Å². The van der Waals surface area contributed by atoms with Crippen LogP contribution in [0.25, 0.3) is 10.9 Å². The molecule has 1 N–H and O–H groups in total. The molecule has 0 saturated carbocycles. The van der Waals surface area contributed by atoms with Crippen LogP contribution in [-0.4, -0.2) is 28.0 Å². The summed E-state index contributed by atoms with van der Waals surface area (Å²) < 4.78 is 7.77. The third-order valence-electron chi connectivity index (χ3n) is 7.73. The molecule has 3 rings (SSSR count). The fourth-order valence-electron chi connectivity index (χ4n) is 5.44. The van der Waals surface area contributed by atoms with Crippen LogP contribution in [0, 0.1) is 11.3 Å². The predicted octanol–water partition coefficient (Wildman–Crippen LogP) is 10.0. The molecule has 40 heavy (non-hydrogen) atoms. The third kappa shape index (κ3) is 8.94. The van der Waals surface area contributed by atoms with Crippen molar-refractivity contribution in [1.29, 1.82) is 0 Å². The summed E-state index contributed by atoms with van der Waals surface area (Å²) in [5.41, 5.74) is 2.63. The number of phenols is 1. The normalized spacial score (nSPS) is 12.0. The van der Waals surface area contributed by atoms with Gasteiger partial charge in [-0.2, -0.15) is 0 Å². The molecule has 0 saturated heterocycles. The molecule has 1 heterocycles. The number of carbonyl (C=O) groups is 1. The highest BCUT2D eigenvalue weighted by Gasteiger charge is 2.33. The lowest BCUT2D eigenvalue weighted by molar-refractivity contribution is -0.153. The van der Waals surface area contributed by atoms with E-state index in [4.69, 9.17) is 16.3 Å². The third-order valence-corrected chi connectivity index (χ3v) is 9.22. The van der Waals surface area contributed by atoms with Crippen molar-refractivity contribution in [2.45, 2.75) is 104 Å². The number of hydrogen-bond acceptors (Lipinski definition) is 4. The molecule has 0 unspecified atom stereocenters. The van der Waals surface area contributed by atoms with Crippen LogP contribution in [0.1, 0.15) is 97.2 Å². The minimum Gasteiger partial charge on any atom is -0.508 e. The van der Waals surface area contributed by atoms with Crippen LogP contribution in [-0.2, 0) is 22.5 Å². The number of aromatic hydroxyl groups is 1. The Bertz CT molecular complexity index is 1210. The number of unbranched alkanes of at least 4 members (excludes halogenated alkanes) is 2. The number of hydrogen-bond donors (Lipinski definition) is 1. The number of carbonyl (C=O) groups excluding carboxylic acids is 1. The van der Waals surface area contributed by atoms with Gasteiger partial charge in [-0.05, 0) is 81.2 Å². The average Bonchev–Trinajstić information content (AvgIpc) is 3.19. The molecule has 6 heteroatoms. The Balaban J connectivity index is 1.96.